The van der Waals surface area contributed by atoms with E-state index in [4.69, 9.17) is 5.11 Å². The molecule has 1 aliphatic carbocycles. The second-order valence-electron chi connectivity index (χ2n) is 11.2. The van der Waals surface area contributed by atoms with Crippen molar-refractivity contribution in [3.05, 3.63) is 29.3 Å². The van der Waals surface area contributed by atoms with Gasteiger partial charge >= 0.3 is 5.97 Å². The lowest BCUT2D eigenvalue weighted by Gasteiger charge is -2.40. The topological polar surface area (TPSA) is 162 Å². The third kappa shape index (κ3) is 6.38. The van der Waals surface area contributed by atoms with Crippen molar-refractivity contribution in [2.45, 2.75) is 84.5 Å². The van der Waals surface area contributed by atoms with E-state index in [-0.39, 0.29) is 17.9 Å². The van der Waals surface area contributed by atoms with Gasteiger partial charge in [-0.3, -0.25) is 24.0 Å². The van der Waals surface area contributed by atoms with E-state index in [9.17, 15) is 28.8 Å². The number of fused-ring (bicyclic) bond motifs is 2. The maximum Gasteiger partial charge on any atom is 0.305 e. The number of hydrogen-bond donors (Lipinski definition) is 4. The molecule has 11 nitrogen and oxygen atoms in total. The van der Waals surface area contributed by atoms with E-state index < -0.39 is 53.7 Å². The molecule has 0 spiro atoms. The van der Waals surface area contributed by atoms with Crippen molar-refractivity contribution in [1.29, 1.82) is 0 Å². The Bertz CT molecular complexity index is 1140. The van der Waals surface area contributed by atoms with Gasteiger partial charge in [-0.1, -0.05) is 20.8 Å². The molecule has 38 heavy (non-hydrogen) atoms. The van der Waals surface area contributed by atoms with Crippen molar-refractivity contribution in [2.24, 2.45) is 11.3 Å². The number of aliphatic carboxylic acids is 1. The van der Waals surface area contributed by atoms with Crippen LogP contribution in [0.1, 0.15) is 69.3 Å². The van der Waals surface area contributed by atoms with Crippen molar-refractivity contribution in [3.8, 4) is 0 Å². The van der Waals surface area contributed by atoms with E-state index in [1.807, 2.05) is 20.8 Å². The fourth-order valence-electron chi connectivity index (χ4n) is 5.44. The Hall–Kier alpha value is -3.76. The first kappa shape index (κ1) is 28.8. The zero-order valence-corrected chi connectivity index (χ0v) is 22.4. The summed E-state index contributed by atoms with van der Waals surface area (Å²) >= 11 is 0. The molecular weight excluding hydrogens is 492 g/mol. The molecule has 1 saturated heterocycles. The highest BCUT2D eigenvalue weighted by atomic mass is 16.4. The average Bonchev–Trinajstić information content (AvgIpc) is 3.42. The molecule has 11 heteroatoms. The molecule has 5 atom stereocenters. The summed E-state index contributed by atoms with van der Waals surface area (Å²) in [6, 6.07) is 1.67. The van der Waals surface area contributed by atoms with Crippen LogP contribution in [0.5, 0.6) is 0 Å². The summed E-state index contributed by atoms with van der Waals surface area (Å²) in [5.41, 5.74) is 0.813. The number of amides is 4. The van der Waals surface area contributed by atoms with Crippen molar-refractivity contribution >= 4 is 41.6 Å². The lowest BCUT2D eigenvalue weighted by molar-refractivity contribution is -0.147. The monoisotopic (exact) mass is 528 g/mol. The van der Waals surface area contributed by atoms with E-state index in [1.165, 1.54) is 11.8 Å². The van der Waals surface area contributed by atoms with Crippen LogP contribution in [0.4, 0.5) is 5.69 Å². The molecule has 2 fully saturated rings. The highest BCUT2D eigenvalue weighted by Crippen LogP contribution is 2.43. The van der Waals surface area contributed by atoms with E-state index in [0.29, 0.717) is 29.5 Å². The van der Waals surface area contributed by atoms with E-state index in [2.05, 4.69) is 16.0 Å². The molecule has 1 saturated carbocycles. The van der Waals surface area contributed by atoms with Crippen LogP contribution in [0, 0.1) is 18.3 Å². The number of aldehydes is 1. The molecule has 0 radical (unpaired) electrons. The summed E-state index contributed by atoms with van der Waals surface area (Å²) in [6.45, 7) is 8.58. The Morgan fingerprint density at radius 1 is 1.13 bits per heavy atom. The number of hydrogen-bond acceptors (Lipinski definition) is 6. The fourth-order valence-corrected chi connectivity index (χ4v) is 5.44. The molecule has 5 unspecified atom stereocenters. The number of piperidine rings is 1. The first-order valence-corrected chi connectivity index (χ1v) is 12.7. The van der Waals surface area contributed by atoms with Gasteiger partial charge in [0.15, 0.2) is 0 Å². The number of nitrogens with zero attached hydrogens (tertiary/aromatic N) is 1. The number of carboxylic acid groups (broad SMARTS) is 1. The van der Waals surface area contributed by atoms with Crippen LogP contribution < -0.4 is 16.0 Å². The van der Waals surface area contributed by atoms with Crippen molar-refractivity contribution < 1.29 is 33.9 Å². The van der Waals surface area contributed by atoms with Crippen LogP contribution >= 0.6 is 0 Å². The molecule has 4 amide bonds. The smallest absolute Gasteiger partial charge is 0.305 e. The Balaban J connectivity index is 1.84. The minimum absolute atomic E-state index is 0.110. The standard InChI is InChI=1S/C27H36N4O7/c1-14-10-17(28-15(2)33)7-9-20(14)24(36)30-23(27(3,4)5)26(38)31-19-8-6-16(11-19)22(31)25(37)29-18(13-32)12-21(34)35/h7,9-10,13,16,18-19,22-23H,6,8,11-12H2,1-5H3,(H,28,33)(H,29,37)(H,30,36)(H,34,35). The van der Waals surface area contributed by atoms with Gasteiger partial charge in [0.25, 0.3) is 5.91 Å². The van der Waals surface area contributed by atoms with Crippen molar-refractivity contribution in [3.63, 3.8) is 0 Å². The number of likely N-dealkylation sites (tertiary alicyclic amines) is 1. The van der Waals surface area contributed by atoms with Gasteiger partial charge in [-0.2, -0.15) is 0 Å². The third-order valence-corrected chi connectivity index (χ3v) is 7.17. The molecule has 1 heterocycles. The van der Waals surface area contributed by atoms with Gasteiger partial charge in [0.05, 0.1) is 12.5 Å². The Morgan fingerprint density at radius 3 is 2.37 bits per heavy atom. The molecule has 1 aromatic carbocycles. The number of rotatable bonds is 9. The molecule has 4 N–H and O–H groups in total. The van der Waals surface area contributed by atoms with Crippen molar-refractivity contribution in [1.82, 2.24) is 15.5 Å². The summed E-state index contributed by atoms with van der Waals surface area (Å²) in [5.74, 6) is -2.99. The van der Waals surface area contributed by atoms with Crippen LogP contribution in [-0.2, 0) is 24.0 Å². The zero-order chi connectivity index (χ0) is 28.4. The van der Waals surface area contributed by atoms with Gasteiger partial charge in [0.1, 0.15) is 18.4 Å². The Kier molecular flexibility index (Phi) is 8.58. The van der Waals surface area contributed by atoms with Crippen LogP contribution in [0.25, 0.3) is 0 Å². The number of anilines is 1. The van der Waals surface area contributed by atoms with E-state index in [1.54, 1.807) is 25.1 Å². The summed E-state index contributed by atoms with van der Waals surface area (Å²) in [7, 11) is 0. The van der Waals surface area contributed by atoms with Gasteiger partial charge < -0.3 is 30.8 Å². The summed E-state index contributed by atoms with van der Waals surface area (Å²) in [5, 5.41) is 17.0. The first-order valence-electron chi connectivity index (χ1n) is 12.7. The third-order valence-electron chi connectivity index (χ3n) is 7.17. The number of carboxylic acids is 1. The lowest BCUT2D eigenvalue weighted by Crippen LogP contribution is -2.61. The van der Waals surface area contributed by atoms with Crippen LogP contribution in [-0.4, -0.2) is 70.1 Å². The second kappa shape index (κ2) is 11.3. The largest absolute Gasteiger partial charge is 0.481 e. The highest BCUT2D eigenvalue weighted by Gasteiger charge is 2.53. The van der Waals surface area contributed by atoms with Gasteiger partial charge in [-0.25, -0.2) is 0 Å². The minimum Gasteiger partial charge on any atom is -0.481 e. The number of carbonyl (C=O) groups excluding carboxylic acids is 5. The molecule has 1 aliphatic heterocycles. The minimum atomic E-state index is -1.22. The van der Waals surface area contributed by atoms with Gasteiger partial charge in [0, 0.05) is 24.2 Å². The van der Waals surface area contributed by atoms with Crippen LogP contribution in [0.15, 0.2) is 18.2 Å². The quantitative estimate of drug-likeness (QED) is 0.354. The average molecular weight is 529 g/mol. The zero-order valence-electron chi connectivity index (χ0n) is 22.4. The highest BCUT2D eigenvalue weighted by molar-refractivity contribution is 6.01. The second-order valence-corrected chi connectivity index (χ2v) is 11.2. The number of carbonyl (C=O) groups is 6. The molecular formula is C27H36N4O7. The van der Waals surface area contributed by atoms with Gasteiger partial charge in [-0.05, 0) is 61.3 Å². The summed E-state index contributed by atoms with van der Waals surface area (Å²) in [6.07, 6.45) is 1.92. The molecule has 2 bridgehead atoms. The number of benzene rings is 1. The number of aryl methyl sites for hydroxylation is 1. The molecule has 0 aromatic heterocycles. The summed E-state index contributed by atoms with van der Waals surface area (Å²) < 4.78 is 0. The fraction of sp³-hybridized carbons (Fsp3) is 0.556. The van der Waals surface area contributed by atoms with Gasteiger partial charge in [-0.15, -0.1) is 0 Å². The SMILES string of the molecule is CC(=O)Nc1ccc(C(=O)NC(C(=O)N2C3CCC(C3)C2C(=O)NC(C=O)CC(=O)O)C(C)(C)C)c(C)c1. The predicted octanol–water partition coefficient (Wildman–Crippen LogP) is 1.64. The Morgan fingerprint density at radius 2 is 1.82 bits per heavy atom. The maximum absolute atomic E-state index is 14.0. The predicted molar refractivity (Wildman–Crippen MR) is 138 cm³/mol. The van der Waals surface area contributed by atoms with Crippen LogP contribution in [0.2, 0.25) is 0 Å². The Labute approximate surface area is 221 Å². The first-order chi connectivity index (χ1) is 17.7. The normalized spacial score (nSPS) is 21.8. The molecule has 206 valence electrons. The van der Waals surface area contributed by atoms with E-state index in [0.717, 1.165) is 12.8 Å². The molecule has 2 aliphatic rings. The number of nitrogens with one attached hydrogen (secondary N) is 3. The van der Waals surface area contributed by atoms with E-state index >= 15 is 0 Å². The van der Waals surface area contributed by atoms with Gasteiger partial charge in [0.2, 0.25) is 17.7 Å². The van der Waals surface area contributed by atoms with Crippen LogP contribution in [0.3, 0.4) is 0 Å². The van der Waals surface area contributed by atoms with Crippen molar-refractivity contribution in [2.75, 3.05) is 5.32 Å². The maximum atomic E-state index is 14.0. The summed E-state index contributed by atoms with van der Waals surface area (Å²) in [4.78, 5) is 75.7. The molecule has 1 aromatic rings. The molecule has 3 rings (SSSR count). The lowest BCUT2D eigenvalue weighted by atomic mass is 9.84.